The van der Waals surface area contributed by atoms with Crippen LogP contribution in [0.4, 0.5) is 11.4 Å². The van der Waals surface area contributed by atoms with Crippen LogP contribution in [0.25, 0.3) is 10.8 Å². The van der Waals surface area contributed by atoms with Crippen LogP contribution in [0.5, 0.6) is 5.75 Å². The van der Waals surface area contributed by atoms with Gasteiger partial charge in [-0.3, -0.25) is 4.90 Å². The number of ether oxygens (including phenoxy) is 1. The molecule has 24 heavy (non-hydrogen) atoms. The van der Waals surface area contributed by atoms with E-state index in [1.54, 1.807) is 0 Å². The van der Waals surface area contributed by atoms with Gasteiger partial charge in [0.05, 0.1) is 6.04 Å². The second kappa shape index (κ2) is 5.80. The molecule has 2 N–H and O–H groups in total. The minimum atomic E-state index is 0.244. The number of aliphatic imine (C=N–C) groups is 1. The second-order valence-electron chi connectivity index (χ2n) is 6.06. The average Bonchev–Trinajstić information content (AvgIpc) is 2.62. The van der Waals surface area contributed by atoms with E-state index in [0.717, 1.165) is 52.5 Å². The smallest absolute Gasteiger partial charge is 0.155 e. The van der Waals surface area contributed by atoms with Crippen molar-refractivity contribution in [2.75, 3.05) is 18.8 Å². The highest BCUT2D eigenvalue weighted by molar-refractivity contribution is 6.14. The van der Waals surface area contributed by atoms with E-state index in [1.165, 1.54) is 0 Å². The van der Waals surface area contributed by atoms with Crippen molar-refractivity contribution in [3.63, 3.8) is 0 Å². The van der Waals surface area contributed by atoms with Crippen LogP contribution in [0, 0.1) is 0 Å². The van der Waals surface area contributed by atoms with Gasteiger partial charge in [0.1, 0.15) is 11.4 Å². The van der Waals surface area contributed by atoms with Crippen molar-refractivity contribution in [1.82, 2.24) is 4.90 Å². The summed E-state index contributed by atoms with van der Waals surface area (Å²) in [5, 5.41) is 2.04. The number of rotatable bonds is 3. The van der Waals surface area contributed by atoms with Gasteiger partial charge in [0.25, 0.3) is 0 Å². The Balaban J connectivity index is 1.81. The molecule has 0 aromatic heterocycles. The van der Waals surface area contributed by atoms with E-state index in [4.69, 9.17) is 15.5 Å². The van der Waals surface area contributed by atoms with Gasteiger partial charge in [-0.15, -0.1) is 0 Å². The van der Waals surface area contributed by atoms with Gasteiger partial charge in [-0.1, -0.05) is 44.2 Å². The highest BCUT2D eigenvalue weighted by Gasteiger charge is 2.25. The molecule has 4 rings (SSSR count). The normalized spacial score (nSPS) is 18.7. The maximum absolute atomic E-state index is 6.20. The van der Waals surface area contributed by atoms with Crippen LogP contribution < -0.4 is 10.5 Å². The molecule has 0 bridgehead atoms. The Morgan fingerprint density at radius 1 is 1.17 bits per heavy atom. The van der Waals surface area contributed by atoms with Gasteiger partial charge >= 0.3 is 0 Å². The summed E-state index contributed by atoms with van der Waals surface area (Å²) in [6.45, 7) is 6.33. The molecule has 4 nitrogen and oxygen atoms in total. The molecule has 1 unspecified atom stereocenters. The van der Waals surface area contributed by atoms with Crippen LogP contribution in [0.3, 0.4) is 0 Å². The minimum absolute atomic E-state index is 0.244. The van der Waals surface area contributed by atoms with Crippen LogP contribution in [0.1, 0.15) is 13.8 Å². The first kappa shape index (κ1) is 15.0. The molecule has 2 aliphatic rings. The molecule has 1 aliphatic carbocycles. The second-order valence-corrected chi connectivity index (χ2v) is 6.06. The Morgan fingerprint density at radius 2 is 1.92 bits per heavy atom. The molecule has 1 heterocycles. The van der Waals surface area contributed by atoms with Crippen LogP contribution in [-0.2, 0) is 0 Å². The molecular formula is C20H21N3O. The zero-order valence-corrected chi connectivity index (χ0v) is 14.0. The zero-order valence-electron chi connectivity index (χ0n) is 14.0. The number of nitrogen functional groups attached to an aromatic ring is 1. The van der Waals surface area contributed by atoms with Gasteiger partial charge in [-0.05, 0) is 25.2 Å². The number of fused-ring (bicyclic) bond motifs is 4. The van der Waals surface area contributed by atoms with Gasteiger partial charge in [-0.25, -0.2) is 4.99 Å². The summed E-state index contributed by atoms with van der Waals surface area (Å²) < 4.78 is 6.17. The quantitative estimate of drug-likeness (QED) is 0.868. The van der Waals surface area contributed by atoms with Crippen molar-refractivity contribution < 1.29 is 4.74 Å². The first-order valence-electron chi connectivity index (χ1n) is 8.43. The number of anilines is 1. The molecule has 0 saturated carbocycles. The molecule has 0 fully saturated rings. The number of benzene rings is 2. The van der Waals surface area contributed by atoms with Gasteiger partial charge in [-0.2, -0.15) is 0 Å². The summed E-state index contributed by atoms with van der Waals surface area (Å²) in [5.74, 6) is 1.55. The Morgan fingerprint density at radius 3 is 2.67 bits per heavy atom. The average molecular weight is 319 g/mol. The van der Waals surface area contributed by atoms with Gasteiger partial charge < -0.3 is 10.5 Å². The first-order chi connectivity index (χ1) is 11.7. The lowest BCUT2D eigenvalue weighted by Gasteiger charge is -2.29. The van der Waals surface area contributed by atoms with Crippen LogP contribution >= 0.6 is 0 Å². The van der Waals surface area contributed by atoms with E-state index in [9.17, 15) is 0 Å². The Kier molecular flexibility index (Phi) is 3.62. The molecule has 1 atom stereocenters. The lowest BCUT2D eigenvalue weighted by Crippen LogP contribution is -2.35. The van der Waals surface area contributed by atoms with E-state index in [0.29, 0.717) is 0 Å². The molecule has 2 aromatic rings. The summed E-state index contributed by atoms with van der Waals surface area (Å²) >= 11 is 0. The summed E-state index contributed by atoms with van der Waals surface area (Å²) in [5.41, 5.74) is 8.65. The molecule has 122 valence electrons. The van der Waals surface area contributed by atoms with E-state index in [1.807, 2.05) is 30.3 Å². The molecular weight excluding hydrogens is 298 g/mol. The zero-order chi connectivity index (χ0) is 16.7. The van der Waals surface area contributed by atoms with E-state index in [-0.39, 0.29) is 6.04 Å². The Bertz CT molecular complexity index is 891. The third kappa shape index (κ3) is 2.31. The molecule has 0 spiro atoms. The van der Waals surface area contributed by atoms with Gasteiger partial charge in [0.15, 0.2) is 11.5 Å². The van der Waals surface area contributed by atoms with Crippen molar-refractivity contribution >= 4 is 27.9 Å². The number of hydrogen-bond acceptors (Lipinski definition) is 4. The fourth-order valence-electron chi connectivity index (χ4n) is 3.41. The highest BCUT2D eigenvalue weighted by Crippen LogP contribution is 2.43. The minimum Gasteiger partial charge on any atom is -0.453 e. The molecule has 4 heteroatoms. The summed E-state index contributed by atoms with van der Waals surface area (Å²) in [4.78, 5) is 7.21. The van der Waals surface area contributed by atoms with Crippen molar-refractivity contribution in [2.45, 2.75) is 19.9 Å². The predicted octanol–water partition coefficient (Wildman–Crippen LogP) is 4.05. The topological polar surface area (TPSA) is 50.8 Å². The maximum atomic E-state index is 6.20. The van der Waals surface area contributed by atoms with Crippen LogP contribution in [0.2, 0.25) is 0 Å². The molecule has 0 amide bonds. The molecule has 1 aliphatic heterocycles. The van der Waals surface area contributed by atoms with Crippen molar-refractivity contribution in [3.8, 4) is 5.75 Å². The third-order valence-electron chi connectivity index (χ3n) is 4.73. The van der Waals surface area contributed by atoms with Crippen molar-refractivity contribution in [3.05, 3.63) is 54.3 Å². The lowest BCUT2D eigenvalue weighted by molar-refractivity contribution is 0.283. The molecule has 2 aromatic carbocycles. The first-order valence-corrected chi connectivity index (χ1v) is 8.43. The number of nitrogens with zero attached hydrogens (tertiary/aromatic N) is 2. The Labute approximate surface area is 141 Å². The van der Waals surface area contributed by atoms with Crippen molar-refractivity contribution in [2.24, 2.45) is 4.99 Å². The number of allylic oxidation sites excluding steroid dienone is 1. The third-order valence-corrected chi connectivity index (χ3v) is 4.73. The molecule has 0 saturated heterocycles. The molecule has 0 radical (unpaired) electrons. The van der Waals surface area contributed by atoms with Crippen LogP contribution in [-0.4, -0.2) is 29.7 Å². The van der Waals surface area contributed by atoms with Crippen LogP contribution in [0.15, 0.2) is 59.3 Å². The number of hydrogen-bond donors (Lipinski definition) is 1. The largest absolute Gasteiger partial charge is 0.453 e. The van der Waals surface area contributed by atoms with Crippen molar-refractivity contribution in [1.29, 1.82) is 0 Å². The fourth-order valence-corrected chi connectivity index (χ4v) is 3.41. The highest BCUT2D eigenvalue weighted by atomic mass is 16.5. The maximum Gasteiger partial charge on any atom is 0.155 e. The SMILES string of the molecule is CCN(CC)C1C=CC2=Nc3c(cc(N)c4ccccc34)OC2=C1. The summed E-state index contributed by atoms with van der Waals surface area (Å²) in [6, 6.07) is 10.2. The number of nitrogens with two attached hydrogens (primary N) is 1. The van der Waals surface area contributed by atoms with Gasteiger partial charge in [0.2, 0.25) is 0 Å². The summed E-state index contributed by atoms with van der Waals surface area (Å²) in [6.07, 6.45) is 6.38. The lowest BCUT2D eigenvalue weighted by atomic mass is 10.0. The summed E-state index contributed by atoms with van der Waals surface area (Å²) in [7, 11) is 0. The monoisotopic (exact) mass is 319 g/mol. The standard InChI is InChI=1S/C20H21N3O/c1-3-23(4-2)13-9-10-17-18(11-13)24-19-12-16(21)14-7-5-6-8-15(14)20(19)22-17/h5-13H,3-4,21H2,1-2H3. The van der Waals surface area contributed by atoms with E-state index >= 15 is 0 Å². The fraction of sp³-hybridized carbons (Fsp3) is 0.250. The predicted molar refractivity (Wildman–Crippen MR) is 100 cm³/mol. The number of likely N-dealkylation sites (N-methyl/N-ethyl adjacent to an activating group) is 1. The van der Waals surface area contributed by atoms with Gasteiger partial charge in [0, 0.05) is 22.5 Å². The Hall–Kier alpha value is -2.59. The van der Waals surface area contributed by atoms with E-state index in [2.05, 4.69) is 37.0 Å². The van der Waals surface area contributed by atoms with E-state index < -0.39 is 0 Å².